The molecule has 0 aromatic heterocycles. The molecule has 1 aromatic rings. The van der Waals surface area contributed by atoms with Crippen molar-refractivity contribution in [1.82, 2.24) is 0 Å². The summed E-state index contributed by atoms with van der Waals surface area (Å²) in [7, 11) is -1.96. The third kappa shape index (κ3) is 4.28. The molecule has 116 valence electrons. The van der Waals surface area contributed by atoms with Crippen LogP contribution in [0.25, 0.3) is 0 Å². The molecule has 1 aliphatic carbocycles. The van der Waals surface area contributed by atoms with Gasteiger partial charge >= 0.3 is 5.97 Å². The zero-order valence-electron chi connectivity index (χ0n) is 12.2. The molecule has 2 rings (SSSR count). The molecule has 5 nitrogen and oxygen atoms in total. The van der Waals surface area contributed by atoms with E-state index in [4.69, 9.17) is 5.73 Å². The van der Waals surface area contributed by atoms with Gasteiger partial charge in [0.2, 0.25) is 0 Å². The first-order chi connectivity index (χ1) is 9.90. The van der Waals surface area contributed by atoms with Crippen LogP contribution in [0.1, 0.15) is 30.4 Å². The molecule has 0 bridgehead atoms. The Morgan fingerprint density at radius 3 is 2.43 bits per heavy atom. The van der Waals surface area contributed by atoms with Crippen molar-refractivity contribution in [2.24, 2.45) is 11.1 Å². The average molecular weight is 311 g/mol. The Hall–Kier alpha value is -1.40. The van der Waals surface area contributed by atoms with Crippen LogP contribution < -0.4 is 5.73 Å². The molecule has 0 radical (unpaired) electrons. The summed E-state index contributed by atoms with van der Waals surface area (Å²) in [6, 6.07) is 7.29. The maximum Gasteiger partial charge on any atom is 0.306 e. The van der Waals surface area contributed by atoms with E-state index >= 15 is 0 Å². The first kappa shape index (κ1) is 16.0. The number of carbonyl (C=O) groups is 1. The molecular weight excluding hydrogens is 290 g/mol. The lowest BCUT2D eigenvalue weighted by Gasteiger charge is -2.15. The fraction of sp³-hybridized carbons (Fsp3) is 0.533. The number of rotatable bonds is 7. The largest absolute Gasteiger partial charge is 0.469 e. The van der Waals surface area contributed by atoms with Crippen molar-refractivity contribution in [1.29, 1.82) is 0 Å². The number of esters is 1. The summed E-state index contributed by atoms with van der Waals surface area (Å²) in [5.41, 5.74) is 6.81. The molecule has 0 amide bonds. The Kier molecular flexibility index (Phi) is 4.68. The van der Waals surface area contributed by atoms with Gasteiger partial charge in [-0.25, -0.2) is 8.42 Å². The first-order valence-electron chi connectivity index (χ1n) is 6.94. The Balaban J connectivity index is 2.07. The SMILES string of the molecule is COC(=O)CC1(CS(=O)(=O)Cc2ccccc2CN)CC1. The van der Waals surface area contributed by atoms with Gasteiger partial charge in [0.05, 0.1) is 25.0 Å². The highest BCUT2D eigenvalue weighted by Crippen LogP contribution is 2.50. The highest BCUT2D eigenvalue weighted by Gasteiger charge is 2.47. The van der Waals surface area contributed by atoms with Gasteiger partial charge in [-0.3, -0.25) is 4.79 Å². The van der Waals surface area contributed by atoms with Gasteiger partial charge in [-0.05, 0) is 29.4 Å². The van der Waals surface area contributed by atoms with Crippen LogP contribution in [0.15, 0.2) is 24.3 Å². The fourth-order valence-electron chi connectivity index (χ4n) is 2.58. The average Bonchev–Trinajstić information content (AvgIpc) is 3.17. The second kappa shape index (κ2) is 6.15. The summed E-state index contributed by atoms with van der Waals surface area (Å²) >= 11 is 0. The number of hydrogen-bond donors (Lipinski definition) is 1. The summed E-state index contributed by atoms with van der Waals surface area (Å²) in [6.45, 7) is 0.318. The predicted octanol–water partition coefficient (Wildman–Crippen LogP) is 1.40. The summed E-state index contributed by atoms with van der Waals surface area (Å²) in [6.07, 6.45) is 1.71. The zero-order valence-corrected chi connectivity index (χ0v) is 13.0. The fourth-order valence-corrected chi connectivity index (χ4v) is 4.76. The van der Waals surface area contributed by atoms with Gasteiger partial charge in [0.25, 0.3) is 0 Å². The number of nitrogens with two attached hydrogens (primary N) is 1. The van der Waals surface area contributed by atoms with E-state index in [9.17, 15) is 13.2 Å². The highest BCUT2D eigenvalue weighted by atomic mass is 32.2. The van der Waals surface area contributed by atoms with Gasteiger partial charge in [0, 0.05) is 6.54 Å². The van der Waals surface area contributed by atoms with Crippen LogP contribution in [0.2, 0.25) is 0 Å². The number of benzene rings is 1. The molecule has 0 spiro atoms. The van der Waals surface area contributed by atoms with Crippen molar-refractivity contribution in [3.8, 4) is 0 Å². The molecule has 0 aliphatic heterocycles. The van der Waals surface area contributed by atoms with Gasteiger partial charge in [-0.2, -0.15) is 0 Å². The molecule has 0 saturated heterocycles. The number of ether oxygens (including phenoxy) is 1. The molecule has 6 heteroatoms. The van der Waals surface area contributed by atoms with E-state index < -0.39 is 15.3 Å². The molecule has 1 fully saturated rings. The Labute approximate surface area is 125 Å². The quantitative estimate of drug-likeness (QED) is 0.769. The van der Waals surface area contributed by atoms with Gasteiger partial charge in [0.1, 0.15) is 0 Å². The molecule has 0 unspecified atom stereocenters. The topological polar surface area (TPSA) is 86.5 Å². The van der Waals surface area contributed by atoms with Crippen LogP contribution in [0.3, 0.4) is 0 Å². The molecule has 0 heterocycles. The van der Waals surface area contributed by atoms with Crippen LogP contribution in [-0.2, 0) is 31.7 Å². The minimum atomic E-state index is -3.28. The second-order valence-electron chi connectivity index (χ2n) is 5.76. The van der Waals surface area contributed by atoms with E-state index in [-0.39, 0.29) is 23.9 Å². The molecule has 1 saturated carbocycles. The lowest BCUT2D eigenvalue weighted by Crippen LogP contribution is -2.22. The molecule has 0 atom stereocenters. The number of hydrogen-bond acceptors (Lipinski definition) is 5. The molecular formula is C15H21NO4S. The summed E-state index contributed by atoms with van der Waals surface area (Å²) in [5, 5.41) is 0. The highest BCUT2D eigenvalue weighted by molar-refractivity contribution is 7.90. The predicted molar refractivity (Wildman–Crippen MR) is 80.1 cm³/mol. The van der Waals surface area contributed by atoms with E-state index in [1.165, 1.54) is 7.11 Å². The molecule has 1 aromatic carbocycles. The van der Waals surface area contributed by atoms with E-state index in [1.807, 2.05) is 18.2 Å². The minimum Gasteiger partial charge on any atom is -0.469 e. The number of methoxy groups -OCH3 is 1. The molecule has 1 aliphatic rings. The van der Waals surface area contributed by atoms with Crippen LogP contribution >= 0.6 is 0 Å². The van der Waals surface area contributed by atoms with Gasteiger partial charge in [-0.15, -0.1) is 0 Å². The smallest absolute Gasteiger partial charge is 0.306 e. The van der Waals surface area contributed by atoms with Gasteiger partial charge in [0.15, 0.2) is 9.84 Å². The minimum absolute atomic E-state index is 0.0245. The van der Waals surface area contributed by atoms with Gasteiger partial charge < -0.3 is 10.5 Å². The zero-order chi connectivity index (χ0) is 15.5. The van der Waals surface area contributed by atoms with Crippen LogP contribution in [-0.4, -0.2) is 27.2 Å². The summed E-state index contributed by atoms with van der Waals surface area (Å²) < 4.78 is 29.4. The van der Waals surface area contributed by atoms with Crippen molar-refractivity contribution in [3.63, 3.8) is 0 Å². The Morgan fingerprint density at radius 2 is 1.90 bits per heavy atom. The van der Waals surface area contributed by atoms with E-state index in [1.54, 1.807) is 6.07 Å². The van der Waals surface area contributed by atoms with Crippen molar-refractivity contribution >= 4 is 15.8 Å². The lowest BCUT2D eigenvalue weighted by atomic mass is 10.1. The molecule has 21 heavy (non-hydrogen) atoms. The van der Waals surface area contributed by atoms with E-state index in [0.717, 1.165) is 24.0 Å². The van der Waals surface area contributed by atoms with Gasteiger partial charge in [-0.1, -0.05) is 24.3 Å². The second-order valence-corrected chi connectivity index (χ2v) is 7.82. The van der Waals surface area contributed by atoms with Crippen molar-refractivity contribution in [2.75, 3.05) is 12.9 Å². The maximum atomic E-state index is 12.4. The monoisotopic (exact) mass is 311 g/mol. The van der Waals surface area contributed by atoms with Crippen LogP contribution in [0.5, 0.6) is 0 Å². The summed E-state index contributed by atoms with van der Waals surface area (Å²) in [5.74, 6) is -0.331. The molecule has 2 N–H and O–H groups in total. The third-order valence-corrected chi connectivity index (χ3v) is 5.75. The Morgan fingerprint density at radius 1 is 1.29 bits per heavy atom. The van der Waals surface area contributed by atoms with Crippen molar-refractivity contribution in [3.05, 3.63) is 35.4 Å². The number of carbonyl (C=O) groups excluding carboxylic acids is 1. The first-order valence-corrected chi connectivity index (χ1v) is 8.76. The standard InChI is InChI=1S/C15H21NO4S/c1-20-14(17)8-15(6-7-15)11-21(18,19)10-13-5-3-2-4-12(13)9-16/h2-5H,6-11,16H2,1H3. The van der Waals surface area contributed by atoms with E-state index in [0.29, 0.717) is 6.54 Å². The third-order valence-electron chi connectivity index (χ3n) is 3.94. The summed E-state index contributed by atoms with van der Waals surface area (Å²) in [4.78, 5) is 11.4. The van der Waals surface area contributed by atoms with Crippen LogP contribution in [0.4, 0.5) is 0 Å². The van der Waals surface area contributed by atoms with E-state index in [2.05, 4.69) is 4.74 Å². The van der Waals surface area contributed by atoms with Crippen molar-refractivity contribution in [2.45, 2.75) is 31.6 Å². The van der Waals surface area contributed by atoms with Crippen LogP contribution in [0, 0.1) is 5.41 Å². The normalized spacial score (nSPS) is 16.5. The Bertz CT molecular complexity index is 620. The number of sulfone groups is 1. The maximum absolute atomic E-state index is 12.4. The van der Waals surface area contributed by atoms with Crippen molar-refractivity contribution < 1.29 is 17.9 Å². The lowest BCUT2D eigenvalue weighted by molar-refractivity contribution is -0.141.